The molecule has 0 saturated heterocycles. The zero-order valence-electron chi connectivity index (χ0n) is 12.5. The summed E-state index contributed by atoms with van der Waals surface area (Å²) in [5, 5.41) is 10.2. The number of allylic oxidation sites excluding steroid dienone is 2. The van der Waals surface area contributed by atoms with Gasteiger partial charge in [0.05, 0.1) is 6.10 Å². The van der Waals surface area contributed by atoms with Gasteiger partial charge in [0.15, 0.2) is 0 Å². The highest BCUT2D eigenvalue weighted by molar-refractivity contribution is 5.11. The van der Waals surface area contributed by atoms with Gasteiger partial charge in [0.2, 0.25) is 0 Å². The molecule has 2 rings (SSSR count). The Hall–Kier alpha value is -0.300. The molecule has 1 unspecified atom stereocenters. The Morgan fingerprint density at radius 3 is 2.72 bits per heavy atom. The van der Waals surface area contributed by atoms with E-state index in [2.05, 4.69) is 33.8 Å². The molecule has 0 aromatic heterocycles. The minimum atomic E-state index is -0.111. The molecule has 1 nitrogen and oxygen atoms in total. The Balaban J connectivity index is 2.17. The van der Waals surface area contributed by atoms with Crippen LogP contribution in [-0.4, -0.2) is 11.2 Å². The van der Waals surface area contributed by atoms with Crippen LogP contribution >= 0.6 is 0 Å². The maximum atomic E-state index is 10.2. The molecule has 1 heteroatoms. The van der Waals surface area contributed by atoms with Gasteiger partial charge < -0.3 is 5.11 Å². The summed E-state index contributed by atoms with van der Waals surface area (Å²) in [6.07, 6.45) is 8.67. The molecule has 2 aliphatic rings. The van der Waals surface area contributed by atoms with Gasteiger partial charge in [0.1, 0.15) is 0 Å². The van der Waals surface area contributed by atoms with Crippen LogP contribution in [-0.2, 0) is 0 Å². The second kappa shape index (κ2) is 5.77. The second-order valence-corrected chi connectivity index (χ2v) is 6.85. The van der Waals surface area contributed by atoms with E-state index < -0.39 is 0 Å². The van der Waals surface area contributed by atoms with Gasteiger partial charge in [0.25, 0.3) is 0 Å². The van der Waals surface area contributed by atoms with Gasteiger partial charge >= 0.3 is 0 Å². The van der Waals surface area contributed by atoms with Crippen molar-refractivity contribution in [2.75, 3.05) is 0 Å². The van der Waals surface area contributed by atoms with Crippen molar-refractivity contribution in [3.05, 3.63) is 11.6 Å². The van der Waals surface area contributed by atoms with E-state index in [9.17, 15) is 5.11 Å². The molecule has 0 bridgehead atoms. The summed E-state index contributed by atoms with van der Waals surface area (Å²) < 4.78 is 0. The Labute approximate surface area is 113 Å². The fourth-order valence-corrected chi connectivity index (χ4v) is 4.36. The van der Waals surface area contributed by atoms with Crippen LogP contribution < -0.4 is 0 Å². The predicted octanol–water partition coefficient (Wildman–Crippen LogP) is 4.41. The molecule has 0 aromatic rings. The molecule has 0 heterocycles. The third-order valence-electron chi connectivity index (χ3n) is 5.72. The van der Waals surface area contributed by atoms with Crippen LogP contribution in [0.3, 0.4) is 0 Å². The molecule has 18 heavy (non-hydrogen) atoms. The summed E-state index contributed by atoms with van der Waals surface area (Å²) in [7, 11) is 0. The monoisotopic (exact) mass is 250 g/mol. The van der Waals surface area contributed by atoms with Crippen molar-refractivity contribution < 1.29 is 5.11 Å². The lowest BCUT2D eigenvalue weighted by molar-refractivity contribution is 0.0150. The molecule has 0 aliphatic heterocycles. The predicted molar refractivity (Wildman–Crippen MR) is 77.3 cm³/mol. The highest BCUT2D eigenvalue weighted by atomic mass is 16.3. The smallest absolute Gasteiger partial charge is 0.0566 e. The topological polar surface area (TPSA) is 20.2 Å². The molecule has 0 radical (unpaired) electrons. The van der Waals surface area contributed by atoms with E-state index in [1.54, 1.807) is 5.57 Å². The van der Waals surface area contributed by atoms with Crippen LogP contribution in [0.15, 0.2) is 11.6 Å². The number of hydrogen-bond acceptors (Lipinski definition) is 1. The van der Waals surface area contributed by atoms with Crippen molar-refractivity contribution in [3.8, 4) is 0 Å². The Morgan fingerprint density at radius 1 is 1.33 bits per heavy atom. The van der Waals surface area contributed by atoms with Crippen molar-refractivity contribution in [3.63, 3.8) is 0 Å². The molecule has 104 valence electrons. The summed E-state index contributed by atoms with van der Waals surface area (Å²) in [5.74, 6) is 3.65. The average molecular weight is 250 g/mol. The molecular formula is C17H30O. The first kappa shape index (κ1) is 14.1. The van der Waals surface area contributed by atoms with Gasteiger partial charge in [-0.2, -0.15) is 0 Å². The number of aliphatic hydroxyl groups is 1. The summed E-state index contributed by atoms with van der Waals surface area (Å²) >= 11 is 0. The SMILES string of the molecule is CCC(O)[C@H](C)[C@@H]1CC[C@@H](C)[C@@H]2CCC(C)=C[C@@H]21. The lowest BCUT2D eigenvalue weighted by atomic mass is 9.59. The lowest BCUT2D eigenvalue weighted by Gasteiger charge is -2.46. The fourth-order valence-electron chi connectivity index (χ4n) is 4.36. The van der Waals surface area contributed by atoms with Gasteiger partial charge in [0, 0.05) is 0 Å². The molecule has 0 aromatic carbocycles. The van der Waals surface area contributed by atoms with Gasteiger partial charge in [-0.05, 0) is 62.2 Å². The van der Waals surface area contributed by atoms with E-state index in [1.807, 2.05) is 0 Å². The molecule has 6 atom stereocenters. The summed E-state index contributed by atoms with van der Waals surface area (Å²) in [6.45, 7) is 9.09. The van der Waals surface area contributed by atoms with Crippen LogP contribution in [0.5, 0.6) is 0 Å². The maximum Gasteiger partial charge on any atom is 0.0566 e. The lowest BCUT2D eigenvalue weighted by Crippen LogP contribution is -2.40. The molecule has 0 amide bonds. The Bertz CT molecular complexity index is 307. The zero-order valence-corrected chi connectivity index (χ0v) is 12.5. The van der Waals surface area contributed by atoms with Crippen molar-refractivity contribution in [2.24, 2.45) is 29.6 Å². The normalized spacial score (nSPS) is 39.7. The molecule has 1 saturated carbocycles. The summed E-state index contributed by atoms with van der Waals surface area (Å²) in [4.78, 5) is 0. The molecular weight excluding hydrogens is 220 g/mol. The van der Waals surface area contributed by atoms with Gasteiger partial charge in [-0.3, -0.25) is 0 Å². The van der Waals surface area contributed by atoms with Gasteiger partial charge in [-0.15, -0.1) is 0 Å². The van der Waals surface area contributed by atoms with Crippen molar-refractivity contribution >= 4 is 0 Å². The van der Waals surface area contributed by atoms with E-state index in [0.717, 1.165) is 24.2 Å². The van der Waals surface area contributed by atoms with Crippen molar-refractivity contribution in [2.45, 2.75) is 65.9 Å². The van der Waals surface area contributed by atoms with E-state index in [-0.39, 0.29) is 6.10 Å². The number of hydrogen-bond donors (Lipinski definition) is 1. The van der Waals surface area contributed by atoms with Crippen LogP contribution in [0.25, 0.3) is 0 Å². The van der Waals surface area contributed by atoms with Crippen LogP contribution in [0.1, 0.15) is 59.8 Å². The Morgan fingerprint density at radius 2 is 2.06 bits per heavy atom. The molecule has 1 fully saturated rings. The van der Waals surface area contributed by atoms with Crippen LogP contribution in [0, 0.1) is 29.6 Å². The van der Waals surface area contributed by atoms with Gasteiger partial charge in [-0.1, -0.05) is 38.8 Å². The maximum absolute atomic E-state index is 10.2. The van der Waals surface area contributed by atoms with E-state index >= 15 is 0 Å². The quantitative estimate of drug-likeness (QED) is 0.736. The standard InChI is InChI=1S/C17H30O/c1-5-17(18)13(4)15-9-7-12(3)14-8-6-11(2)10-16(14)15/h10,12-18H,5-9H2,1-4H3/t12-,13-,14+,15+,16+,17?/m1/s1. The number of rotatable bonds is 3. The van der Waals surface area contributed by atoms with Crippen molar-refractivity contribution in [1.29, 1.82) is 0 Å². The van der Waals surface area contributed by atoms with E-state index in [4.69, 9.17) is 0 Å². The third-order valence-corrected chi connectivity index (χ3v) is 5.72. The van der Waals surface area contributed by atoms with E-state index in [0.29, 0.717) is 11.8 Å². The fraction of sp³-hybridized carbons (Fsp3) is 0.882. The summed E-state index contributed by atoms with van der Waals surface area (Å²) in [5.41, 5.74) is 1.58. The minimum Gasteiger partial charge on any atom is -0.393 e. The number of aliphatic hydroxyl groups excluding tert-OH is 1. The summed E-state index contributed by atoms with van der Waals surface area (Å²) in [6, 6.07) is 0. The largest absolute Gasteiger partial charge is 0.393 e. The molecule has 1 N–H and O–H groups in total. The Kier molecular flexibility index (Phi) is 4.53. The first-order chi connectivity index (χ1) is 8.54. The van der Waals surface area contributed by atoms with Crippen LogP contribution in [0.4, 0.5) is 0 Å². The zero-order chi connectivity index (χ0) is 13.3. The molecule has 2 aliphatic carbocycles. The second-order valence-electron chi connectivity index (χ2n) is 6.85. The minimum absolute atomic E-state index is 0.111. The highest BCUT2D eigenvalue weighted by Gasteiger charge is 2.40. The van der Waals surface area contributed by atoms with E-state index in [1.165, 1.54) is 25.7 Å². The van der Waals surface area contributed by atoms with Crippen molar-refractivity contribution in [1.82, 2.24) is 0 Å². The molecule has 0 spiro atoms. The number of fused-ring (bicyclic) bond motifs is 1. The first-order valence-electron chi connectivity index (χ1n) is 7.90. The first-order valence-corrected chi connectivity index (χ1v) is 7.90. The van der Waals surface area contributed by atoms with Gasteiger partial charge in [-0.25, -0.2) is 0 Å². The third kappa shape index (κ3) is 2.66. The average Bonchev–Trinajstić information content (AvgIpc) is 2.37. The van der Waals surface area contributed by atoms with Crippen LogP contribution in [0.2, 0.25) is 0 Å². The highest BCUT2D eigenvalue weighted by Crippen LogP contribution is 2.48.